The lowest BCUT2D eigenvalue weighted by atomic mass is 9.97. The molecule has 0 spiro atoms. The van der Waals surface area contributed by atoms with Gasteiger partial charge in [0.15, 0.2) is 0 Å². The average molecular weight is 442 g/mol. The number of nitrogens with two attached hydrogens (primary N) is 1. The summed E-state index contributed by atoms with van der Waals surface area (Å²) in [6, 6.07) is 19.3. The lowest BCUT2D eigenvalue weighted by Crippen LogP contribution is -2.25. The van der Waals surface area contributed by atoms with Crippen LogP contribution in [0.1, 0.15) is 35.6 Å². The fourth-order valence-corrected chi connectivity index (χ4v) is 4.34. The van der Waals surface area contributed by atoms with Crippen molar-refractivity contribution in [2.75, 3.05) is 11.1 Å². The summed E-state index contributed by atoms with van der Waals surface area (Å²) in [5.41, 5.74) is 10.4. The highest BCUT2D eigenvalue weighted by atomic mass is 32.2. The number of pyridine rings is 1. The largest absolute Gasteiger partial charge is 0.383 e. The number of carbonyl (C=O) groups is 1. The van der Waals surface area contributed by atoms with Gasteiger partial charge in [-0.15, -0.1) is 0 Å². The molecule has 0 saturated carbocycles. The third kappa shape index (κ3) is 4.74. The summed E-state index contributed by atoms with van der Waals surface area (Å²) in [4.78, 5) is 17.4. The molecule has 1 unspecified atom stereocenters. The number of amides is 1. The van der Waals surface area contributed by atoms with Crippen molar-refractivity contribution in [3.05, 3.63) is 70.8 Å². The summed E-state index contributed by atoms with van der Waals surface area (Å²) in [7, 11) is 0. The fraction of sp³-hybridized carbons (Fsp3) is 0.200. The van der Waals surface area contributed by atoms with E-state index < -0.39 is 5.25 Å². The average Bonchev–Trinajstić information content (AvgIpc) is 2.79. The number of nitrogens with zero attached hydrogens (tertiary/aromatic N) is 3. The van der Waals surface area contributed by atoms with Crippen LogP contribution in [0.3, 0.4) is 0 Å². The second-order valence-electron chi connectivity index (χ2n) is 7.34. The van der Waals surface area contributed by atoms with E-state index in [1.54, 1.807) is 0 Å². The predicted molar refractivity (Wildman–Crippen MR) is 128 cm³/mol. The number of thioether (sulfide) groups is 1. The second-order valence-corrected chi connectivity index (χ2v) is 8.53. The van der Waals surface area contributed by atoms with Crippen molar-refractivity contribution in [2.45, 2.75) is 37.5 Å². The first-order valence-electron chi connectivity index (χ1n) is 10.1. The summed E-state index contributed by atoms with van der Waals surface area (Å²) in [5, 5.41) is 22.4. The molecule has 0 saturated heterocycles. The zero-order valence-electron chi connectivity index (χ0n) is 18.1. The third-order valence-corrected chi connectivity index (χ3v) is 6.40. The van der Waals surface area contributed by atoms with Gasteiger partial charge in [-0.3, -0.25) is 4.79 Å². The van der Waals surface area contributed by atoms with Crippen molar-refractivity contribution in [2.24, 2.45) is 0 Å². The normalized spacial score (nSPS) is 11.3. The number of nitrogen functional groups attached to an aromatic ring is 1. The number of nitriles is 2. The van der Waals surface area contributed by atoms with Gasteiger partial charge < -0.3 is 11.1 Å². The van der Waals surface area contributed by atoms with Gasteiger partial charge in [-0.25, -0.2) is 4.98 Å². The Hall–Kier alpha value is -3.81. The zero-order valence-corrected chi connectivity index (χ0v) is 19.0. The summed E-state index contributed by atoms with van der Waals surface area (Å²) in [6.07, 6.45) is 0.522. The van der Waals surface area contributed by atoms with Gasteiger partial charge in [0.2, 0.25) is 5.91 Å². The Labute approximate surface area is 192 Å². The quantitative estimate of drug-likeness (QED) is 0.508. The van der Waals surface area contributed by atoms with Crippen LogP contribution in [-0.4, -0.2) is 16.1 Å². The molecule has 6 nitrogen and oxygen atoms in total. The Balaban J connectivity index is 2.01. The lowest BCUT2D eigenvalue weighted by Gasteiger charge is -2.18. The molecule has 1 aromatic heterocycles. The van der Waals surface area contributed by atoms with Gasteiger partial charge in [0.1, 0.15) is 28.5 Å². The van der Waals surface area contributed by atoms with Gasteiger partial charge in [0.25, 0.3) is 0 Å². The molecule has 32 heavy (non-hydrogen) atoms. The van der Waals surface area contributed by atoms with Crippen molar-refractivity contribution in [3.8, 4) is 23.3 Å². The van der Waals surface area contributed by atoms with Crippen molar-refractivity contribution in [1.82, 2.24) is 4.98 Å². The minimum absolute atomic E-state index is 0.0395. The smallest absolute Gasteiger partial charge is 0.237 e. The molecule has 1 amide bonds. The fourth-order valence-electron chi connectivity index (χ4n) is 3.32. The molecule has 3 N–H and O–H groups in total. The minimum Gasteiger partial charge on any atom is -0.383 e. The molecule has 7 heteroatoms. The van der Waals surface area contributed by atoms with Crippen molar-refractivity contribution < 1.29 is 4.79 Å². The number of nitrogens with one attached hydrogen (secondary N) is 1. The number of benzene rings is 2. The third-order valence-electron chi connectivity index (χ3n) is 5.05. The Bertz CT molecular complexity index is 1240. The van der Waals surface area contributed by atoms with E-state index in [1.165, 1.54) is 11.8 Å². The van der Waals surface area contributed by atoms with E-state index in [4.69, 9.17) is 5.73 Å². The maximum atomic E-state index is 13.0. The van der Waals surface area contributed by atoms with E-state index >= 15 is 0 Å². The number of aryl methyl sites for hydroxylation is 2. The van der Waals surface area contributed by atoms with Crippen LogP contribution in [-0.2, 0) is 4.79 Å². The van der Waals surface area contributed by atoms with Crippen molar-refractivity contribution in [1.29, 1.82) is 10.5 Å². The van der Waals surface area contributed by atoms with E-state index in [-0.39, 0.29) is 22.9 Å². The first-order chi connectivity index (χ1) is 15.4. The van der Waals surface area contributed by atoms with E-state index in [0.29, 0.717) is 22.6 Å². The van der Waals surface area contributed by atoms with Crippen LogP contribution < -0.4 is 11.1 Å². The molecule has 1 heterocycles. The summed E-state index contributed by atoms with van der Waals surface area (Å²) in [5.74, 6) is -0.140. The summed E-state index contributed by atoms with van der Waals surface area (Å²) >= 11 is 1.18. The molecule has 3 aromatic rings. The van der Waals surface area contributed by atoms with Gasteiger partial charge in [0.05, 0.1) is 10.8 Å². The molecule has 160 valence electrons. The van der Waals surface area contributed by atoms with Gasteiger partial charge >= 0.3 is 0 Å². The highest BCUT2D eigenvalue weighted by molar-refractivity contribution is 8.00. The van der Waals surface area contributed by atoms with Gasteiger partial charge in [-0.05, 0) is 43.0 Å². The van der Waals surface area contributed by atoms with Crippen LogP contribution in [0.15, 0.2) is 53.6 Å². The Morgan fingerprint density at radius 2 is 1.81 bits per heavy atom. The summed E-state index contributed by atoms with van der Waals surface area (Å²) in [6.45, 7) is 5.80. The van der Waals surface area contributed by atoms with E-state index in [9.17, 15) is 15.3 Å². The van der Waals surface area contributed by atoms with Crippen molar-refractivity contribution in [3.63, 3.8) is 0 Å². The molecule has 2 aromatic carbocycles. The number of hydrogen-bond donors (Lipinski definition) is 2. The molecule has 0 aliphatic heterocycles. The van der Waals surface area contributed by atoms with Gasteiger partial charge in [-0.2, -0.15) is 10.5 Å². The topological polar surface area (TPSA) is 116 Å². The molecular weight excluding hydrogens is 418 g/mol. The first kappa shape index (κ1) is 22.9. The Kier molecular flexibility index (Phi) is 7.14. The van der Waals surface area contributed by atoms with Crippen LogP contribution in [0.5, 0.6) is 0 Å². The first-order valence-corrected chi connectivity index (χ1v) is 11.0. The highest BCUT2D eigenvalue weighted by Crippen LogP contribution is 2.37. The van der Waals surface area contributed by atoms with Gasteiger partial charge in [-0.1, -0.05) is 61.2 Å². The second kappa shape index (κ2) is 10.00. The van der Waals surface area contributed by atoms with Crippen LogP contribution in [0.25, 0.3) is 11.1 Å². The number of carbonyl (C=O) groups excluding carboxylic acids is 1. The van der Waals surface area contributed by atoms with E-state index in [0.717, 1.165) is 16.8 Å². The molecule has 0 aliphatic carbocycles. The number of anilines is 2. The summed E-state index contributed by atoms with van der Waals surface area (Å²) < 4.78 is 0. The molecule has 0 fully saturated rings. The highest BCUT2D eigenvalue weighted by Gasteiger charge is 2.25. The van der Waals surface area contributed by atoms with Crippen LogP contribution in [0.2, 0.25) is 0 Å². The molecular formula is C25H23N5OS. The molecule has 1 atom stereocenters. The molecule has 0 radical (unpaired) electrons. The number of rotatable bonds is 6. The maximum absolute atomic E-state index is 13.0. The van der Waals surface area contributed by atoms with Crippen LogP contribution in [0.4, 0.5) is 11.5 Å². The SMILES string of the molecule is CCC(Sc1nc(N)c(C#N)c(-c2ccccc2)c1C#N)C(=O)Nc1cc(C)ccc1C. The predicted octanol–water partition coefficient (Wildman–Crippen LogP) is 5.20. The monoisotopic (exact) mass is 441 g/mol. The van der Waals surface area contributed by atoms with Crippen LogP contribution in [0, 0.1) is 36.5 Å². The Morgan fingerprint density at radius 1 is 1.12 bits per heavy atom. The number of hydrogen-bond acceptors (Lipinski definition) is 6. The molecule has 0 bridgehead atoms. The lowest BCUT2D eigenvalue weighted by molar-refractivity contribution is -0.115. The molecule has 3 rings (SSSR count). The maximum Gasteiger partial charge on any atom is 0.237 e. The zero-order chi connectivity index (χ0) is 23.3. The van der Waals surface area contributed by atoms with Gasteiger partial charge in [0, 0.05) is 11.3 Å². The standard InChI is InChI=1S/C25H23N5OS/c1-4-21(24(31)29-20-12-15(2)10-11-16(20)3)32-25-19(14-27)22(17-8-6-5-7-9-17)18(13-26)23(28)30-25/h5-12,21H,4H2,1-3H3,(H2,28,30)(H,29,31). The van der Waals surface area contributed by atoms with E-state index in [1.807, 2.05) is 69.3 Å². The molecule has 0 aliphatic rings. The van der Waals surface area contributed by atoms with Crippen molar-refractivity contribution >= 4 is 29.2 Å². The number of aromatic nitrogens is 1. The van der Waals surface area contributed by atoms with Crippen LogP contribution >= 0.6 is 11.8 Å². The Morgan fingerprint density at radius 3 is 2.44 bits per heavy atom. The minimum atomic E-state index is -0.495. The van der Waals surface area contributed by atoms with E-state index in [2.05, 4.69) is 22.4 Å².